The zero-order chi connectivity index (χ0) is 11.0. The van der Waals surface area contributed by atoms with Crippen LogP contribution in [0.3, 0.4) is 0 Å². The Balaban J connectivity index is 2.56. The number of carbonyl (C=O) groups is 1. The number of rotatable bonds is 2. The van der Waals surface area contributed by atoms with Crippen LogP contribution in [0.2, 0.25) is 5.02 Å². The maximum Gasteiger partial charge on any atom is 0.307 e. The minimum Gasteiger partial charge on any atom is -0.481 e. The molecule has 15 heavy (non-hydrogen) atoms. The molecule has 0 saturated carbocycles. The Morgan fingerprint density at radius 1 is 1.47 bits per heavy atom. The van der Waals surface area contributed by atoms with Gasteiger partial charge >= 0.3 is 5.97 Å². The molecule has 0 saturated heterocycles. The van der Waals surface area contributed by atoms with Gasteiger partial charge in [0, 0.05) is 11.1 Å². The Hall–Kier alpha value is -1.48. The highest BCUT2D eigenvalue weighted by Gasteiger charge is 2.07. The number of aromatic amines is 1. The van der Waals surface area contributed by atoms with E-state index in [0.29, 0.717) is 5.02 Å². The average Bonchev–Trinajstić information content (AvgIpc) is 2.44. The number of aliphatic carboxylic acids is 1. The number of hydrogen-bond donors (Lipinski definition) is 2. The number of nitrogens with one attached hydrogen (secondary N) is 1. The van der Waals surface area contributed by atoms with Gasteiger partial charge in [0.25, 0.3) is 0 Å². The molecule has 78 valence electrons. The van der Waals surface area contributed by atoms with Gasteiger partial charge in [0.05, 0.1) is 17.0 Å². The molecule has 3 nitrogen and oxygen atoms in total. The van der Waals surface area contributed by atoms with Crippen molar-refractivity contribution in [3.8, 4) is 0 Å². The van der Waals surface area contributed by atoms with Crippen LogP contribution in [0.25, 0.3) is 10.9 Å². The number of hydrogen-bond acceptors (Lipinski definition) is 1. The number of aromatic nitrogens is 1. The third-order valence-electron chi connectivity index (χ3n) is 2.23. The summed E-state index contributed by atoms with van der Waals surface area (Å²) in [7, 11) is 0. The molecule has 0 fully saturated rings. The molecule has 2 N–H and O–H groups in total. The van der Waals surface area contributed by atoms with Gasteiger partial charge in [-0.25, -0.2) is 0 Å². The van der Waals surface area contributed by atoms with Crippen molar-refractivity contribution < 1.29 is 9.90 Å². The van der Waals surface area contributed by atoms with Crippen molar-refractivity contribution in [2.75, 3.05) is 0 Å². The Bertz CT molecular complexity index is 531. The molecular weight excluding hydrogens is 214 g/mol. The zero-order valence-electron chi connectivity index (χ0n) is 8.17. The number of aryl methyl sites for hydroxylation is 1. The van der Waals surface area contributed by atoms with Crippen molar-refractivity contribution in [3.05, 3.63) is 34.5 Å². The van der Waals surface area contributed by atoms with E-state index in [1.54, 1.807) is 6.07 Å². The van der Waals surface area contributed by atoms with Gasteiger partial charge in [0.1, 0.15) is 0 Å². The average molecular weight is 224 g/mol. The molecule has 0 atom stereocenters. The molecule has 0 amide bonds. The molecule has 1 heterocycles. The summed E-state index contributed by atoms with van der Waals surface area (Å²) in [6, 6.07) is 5.49. The van der Waals surface area contributed by atoms with Crippen molar-refractivity contribution in [1.82, 2.24) is 4.98 Å². The van der Waals surface area contributed by atoms with Crippen molar-refractivity contribution in [3.63, 3.8) is 0 Å². The van der Waals surface area contributed by atoms with Crippen molar-refractivity contribution >= 4 is 28.5 Å². The fraction of sp³-hybridized carbons (Fsp3) is 0.182. The minimum absolute atomic E-state index is 0.000111. The van der Waals surface area contributed by atoms with Crippen LogP contribution in [-0.4, -0.2) is 16.1 Å². The van der Waals surface area contributed by atoms with Gasteiger partial charge in [-0.2, -0.15) is 0 Å². The summed E-state index contributed by atoms with van der Waals surface area (Å²) in [4.78, 5) is 13.7. The Morgan fingerprint density at radius 3 is 2.87 bits per heavy atom. The lowest BCUT2D eigenvalue weighted by Gasteiger charge is -1.99. The van der Waals surface area contributed by atoms with Crippen LogP contribution in [0.5, 0.6) is 0 Å². The first-order valence-electron chi connectivity index (χ1n) is 4.56. The first-order valence-corrected chi connectivity index (χ1v) is 4.93. The highest BCUT2D eigenvalue weighted by molar-refractivity contribution is 6.35. The molecule has 2 aromatic rings. The van der Waals surface area contributed by atoms with Gasteiger partial charge in [0.2, 0.25) is 0 Å². The Morgan fingerprint density at radius 2 is 2.20 bits per heavy atom. The van der Waals surface area contributed by atoms with E-state index in [0.717, 1.165) is 22.2 Å². The summed E-state index contributed by atoms with van der Waals surface area (Å²) in [6.45, 7) is 1.94. The number of carboxylic acids is 1. The van der Waals surface area contributed by atoms with E-state index >= 15 is 0 Å². The van der Waals surface area contributed by atoms with Gasteiger partial charge in [-0.05, 0) is 30.7 Å². The monoisotopic (exact) mass is 223 g/mol. The van der Waals surface area contributed by atoms with Crippen LogP contribution in [-0.2, 0) is 11.2 Å². The molecule has 4 heteroatoms. The molecule has 0 bridgehead atoms. The second-order valence-corrected chi connectivity index (χ2v) is 3.97. The van der Waals surface area contributed by atoms with Crippen LogP contribution >= 0.6 is 11.6 Å². The van der Waals surface area contributed by atoms with E-state index in [1.165, 1.54) is 0 Å². The molecule has 1 aromatic carbocycles. The van der Waals surface area contributed by atoms with Gasteiger partial charge in [-0.1, -0.05) is 11.6 Å². The summed E-state index contributed by atoms with van der Waals surface area (Å²) in [5.74, 6) is -0.849. The second-order valence-electron chi connectivity index (χ2n) is 3.56. The lowest BCUT2D eigenvalue weighted by Crippen LogP contribution is -1.99. The van der Waals surface area contributed by atoms with Crippen molar-refractivity contribution in [2.45, 2.75) is 13.3 Å². The maximum atomic E-state index is 10.6. The van der Waals surface area contributed by atoms with Crippen LogP contribution in [0.1, 0.15) is 11.3 Å². The number of halogens is 1. The molecule has 0 unspecified atom stereocenters. The number of carboxylic acid groups (broad SMARTS) is 1. The quantitative estimate of drug-likeness (QED) is 0.823. The molecule has 1 aromatic heterocycles. The Kier molecular flexibility index (Phi) is 2.40. The standard InChI is InChI=1S/C11H10ClNO2/c1-6-2-8-3-7(5-10(14)15)4-9(12)11(8)13-6/h2-4,13H,5H2,1H3,(H,14,15). The van der Waals surface area contributed by atoms with E-state index in [1.807, 2.05) is 19.1 Å². The first kappa shape index (κ1) is 10.1. The van der Waals surface area contributed by atoms with Crippen LogP contribution in [0.15, 0.2) is 18.2 Å². The van der Waals surface area contributed by atoms with Crippen molar-refractivity contribution in [1.29, 1.82) is 0 Å². The molecule has 0 spiro atoms. The van der Waals surface area contributed by atoms with Crippen LogP contribution in [0.4, 0.5) is 0 Å². The van der Waals surface area contributed by atoms with Gasteiger partial charge in [-0.3, -0.25) is 4.79 Å². The van der Waals surface area contributed by atoms with E-state index in [2.05, 4.69) is 4.98 Å². The van der Waals surface area contributed by atoms with E-state index < -0.39 is 5.97 Å². The van der Waals surface area contributed by atoms with Crippen molar-refractivity contribution in [2.24, 2.45) is 0 Å². The molecule has 0 aliphatic carbocycles. The molecular formula is C11H10ClNO2. The summed E-state index contributed by atoms with van der Waals surface area (Å²) in [6.07, 6.45) is -0.000111. The maximum absolute atomic E-state index is 10.6. The molecule has 0 aliphatic heterocycles. The zero-order valence-corrected chi connectivity index (χ0v) is 8.93. The smallest absolute Gasteiger partial charge is 0.307 e. The lowest BCUT2D eigenvalue weighted by atomic mass is 10.1. The van der Waals surface area contributed by atoms with Gasteiger partial charge in [-0.15, -0.1) is 0 Å². The highest BCUT2D eigenvalue weighted by Crippen LogP contribution is 2.25. The number of benzene rings is 1. The lowest BCUT2D eigenvalue weighted by molar-refractivity contribution is -0.136. The molecule has 2 rings (SSSR count). The van der Waals surface area contributed by atoms with Crippen LogP contribution in [0, 0.1) is 6.92 Å². The van der Waals surface area contributed by atoms with E-state index in [9.17, 15) is 4.79 Å². The molecule has 0 aliphatic rings. The molecule has 0 radical (unpaired) electrons. The summed E-state index contributed by atoms with van der Waals surface area (Å²) in [5, 5.41) is 10.2. The third-order valence-corrected chi connectivity index (χ3v) is 2.53. The van der Waals surface area contributed by atoms with E-state index in [4.69, 9.17) is 16.7 Å². The second kappa shape index (κ2) is 3.59. The predicted octanol–water partition coefficient (Wildman–Crippen LogP) is 2.76. The minimum atomic E-state index is -0.849. The summed E-state index contributed by atoms with van der Waals surface area (Å²) < 4.78 is 0. The highest BCUT2D eigenvalue weighted by atomic mass is 35.5. The van der Waals surface area contributed by atoms with Gasteiger partial charge < -0.3 is 10.1 Å². The summed E-state index contributed by atoms with van der Waals surface area (Å²) in [5.41, 5.74) is 2.60. The van der Waals surface area contributed by atoms with Crippen LogP contribution < -0.4 is 0 Å². The Labute approximate surface area is 91.7 Å². The first-order chi connectivity index (χ1) is 7.06. The van der Waals surface area contributed by atoms with Gasteiger partial charge in [0.15, 0.2) is 0 Å². The summed E-state index contributed by atoms with van der Waals surface area (Å²) >= 11 is 6.03. The number of fused-ring (bicyclic) bond motifs is 1. The normalized spacial score (nSPS) is 10.8. The largest absolute Gasteiger partial charge is 0.481 e. The van der Waals surface area contributed by atoms with E-state index in [-0.39, 0.29) is 6.42 Å². The predicted molar refractivity (Wildman–Crippen MR) is 59.4 cm³/mol. The topological polar surface area (TPSA) is 53.1 Å². The third kappa shape index (κ3) is 1.97. The SMILES string of the molecule is Cc1cc2cc(CC(=O)O)cc(Cl)c2[nH]1. The fourth-order valence-electron chi connectivity index (χ4n) is 1.68. The fourth-order valence-corrected chi connectivity index (χ4v) is 1.97. The number of H-pyrrole nitrogens is 1.